The molecule has 4 nitrogen and oxygen atoms in total. The number of aromatic nitrogens is 2. The van der Waals surface area contributed by atoms with E-state index in [1.807, 2.05) is 17.7 Å². The minimum absolute atomic E-state index is 0.180. The Morgan fingerprint density at radius 1 is 1.64 bits per heavy atom. The molecule has 0 aliphatic carbocycles. The van der Waals surface area contributed by atoms with Gasteiger partial charge in [-0.15, -0.1) is 0 Å². The molecule has 0 amide bonds. The average Bonchev–Trinajstić information content (AvgIpc) is 2.15. The van der Waals surface area contributed by atoms with E-state index in [0.29, 0.717) is 6.61 Å². The molecule has 0 aromatic carbocycles. The molecule has 0 bridgehead atoms. The molecule has 0 atom stereocenters. The number of rotatable bonds is 4. The Morgan fingerprint density at radius 3 is 2.93 bits per heavy atom. The molecule has 78 valence electrons. The van der Waals surface area contributed by atoms with Gasteiger partial charge in [0.1, 0.15) is 0 Å². The van der Waals surface area contributed by atoms with Crippen molar-refractivity contribution in [1.29, 1.82) is 0 Å². The predicted octanol–water partition coefficient (Wildman–Crippen LogP) is 0.920. The van der Waals surface area contributed by atoms with Crippen LogP contribution in [0.3, 0.4) is 0 Å². The van der Waals surface area contributed by atoms with Crippen LogP contribution in [0.25, 0.3) is 0 Å². The second kappa shape index (κ2) is 5.17. The van der Waals surface area contributed by atoms with E-state index in [-0.39, 0.29) is 5.56 Å². The summed E-state index contributed by atoms with van der Waals surface area (Å²) in [6.07, 6.45) is 1.91. The summed E-state index contributed by atoms with van der Waals surface area (Å²) in [5.41, 5.74) is 0.743. The van der Waals surface area contributed by atoms with Crippen molar-refractivity contribution in [2.24, 2.45) is 0 Å². The van der Waals surface area contributed by atoms with Gasteiger partial charge in [0.15, 0.2) is 5.16 Å². The second-order valence-electron chi connectivity index (χ2n) is 2.87. The Hall–Kier alpha value is -0.810. The van der Waals surface area contributed by atoms with E-state index < -0.39 is 0 Å². The van der Waals surface area contributed by atoms with Gasteiger partial charge >= 0.3 is 0 Å². The summed E-state index contributed by atoms with van der Waals surface area (Å²) in [5.74, 6) is 0. The number of aryl methyl sites for hydroxylation is 1. The fourth-order valence-electron chi connectivity index (χ4n) is 1.20. The lowest BCUT2D eigenvalue weighted by Gasteiger charge is -2.12. The van der Waals surface area contributed by atoms with Gasteiger partial charge in [-0.3, -0.25) is 4.79 Å². The number of nitrogens with zero attached hydrogens (tertiary/aromatic N) is 2. The number of thioether (sulfide) groups is 1. The predicted molar refractivity (Wildman–Crippen MR) is 56.9 cm³/mol. The van der Waals surface area contributed by atoms with E-state index in [2.05, 4.69) is 4.98 Å². The first-order valence-electron chi connectivity index (χ1n) is 4.30. The van der Waals surface area contributed by atoms with Gasteiger partial charge in [0.2, 0.25) is 0 Å². The van der Waals surface area contributed by atoms with Gasteiger partial charge in [-0.2, -0.15) is 4.98 Å². The van der Waals surface area contributed by atoms with Gasteiger partial charge in [-0.1, -0.05) is 11.8 Å². The molecule has 5 heteroatoms. The van der Waals surface area contributed by atoms with Crippen LogP contribution in [0, 0.1) is 6.92 Å². The molecule has 0 radical (unpaired) electrons. The molecule has 1 aromatic rings. The zero-order chi connectivity index (χ0) is 10.6. The summed E-state index contributed by atoms with van der Waals surface area (Å²) in [6.45, 7) is 3.25. The third-order valence-electron chi connectivity index (χ3n) is 1.90. The summed E-state index contributed by atoms with van der Waals surface area (Å²) in [4.78, 5) is 15.0. The van der Waals surface area contributed by atoms with Crippen LogP contribution in [-0.2, 0) is 11.3 Å². The highest BCUT2D eigenvalue weighted by Crippen LogP contribution is 2.11. The third-order valence-corrected chi connectivity index (χ3v) is 2.57. The summed E-state index contributed by atoms with van der Waals surface area (Å²) in [7, 11) is 1.66. The first-order chi connectivity index (χ1) is 6.69. The molecular formula is C9H14N2O2S. The number of ether oxygens (including phenoxy) is 1. The van der Waals surface area contributed by atoms with E-state index in [1.54, 1.807) is 7.11 Å². The fraction of sp³-hybridized carbons (Fsp3) is 0.556. The average molecular weight is 214 g/mol. The van der Waals surface area contributed by atoms with Crippen molar-refractivity contribution in [3.63, 3.8) is 0 Å². The molecule has 0 N–H and O–H groups in total. The van der Waals surface area contributed by atoms with Crippen molar-refractivity contribution in [2.75, 3.05) is 20.0 Å². The summed E-state index contributed by atoms with van der Waals surface area (Å²) < 4.78 is 6.98. The molecule has 1 rings (SSSR count). The lowest BCUT2D eigenvalue weighted by Crippen LogP contribution is -2.18. The first kappa shape index (κ1) is 11.3. The Labute approximate surface area is 87.3 Å². The standard InChI is InChI=1S/C9H14N2O2S/c1-7-6-8(12)10-9(14-3)11(7)4-5-13-2/h6H,4-5H2,1-3H3. The minimum Gasteiger partial charge on any atom is -0.383 e. The van der Waals surface area contributed by atoms with Crippen LogP contribution < -0.4 is 5.56 Å². The Balaban J connectivity index is 3.05. The highest BCUT2D eigenvalue weighted by atomic mass is 32.2. The van der Waals surface area contributed by atoms with Crippen molar-refractivity contribution in [3.8, 4) is 0 Å². The topological polar surface area (TPSA) is 44.1 Å². The van der Waals surface area contributed by atoms with Crippen molar-refractivity contribution in [3.05, 3.63) is 22.1 Å². The summed E-state index contributed by atoms with van der Waals surface area (Å²) >= 11 is 1.47. The quantitative estimate of drug-likeness (QED) is 0.552. The van der Waals surface area contributed by atoms with Crippen molar-refractivity contribution in [1.82, 2.24) is 9.55 Å². The van der Waals surface area contributed by atoms with Gasteiger partial charge in [-0.25, -0.2) is 0 Å². The fourth-order valence-corrected chi connectivity index (χ4v) is 1.84. The van der Waals surface area contributed by atoms with Crippen molar-refractivity contribution >= 4 is 11.8 Å². The Kier molecular flexibility index (Phi) is 4.16. The molecule has 0 saturated heterocycles. The van der Waals surface area contributed by atoms with Crippen molar-refractivity contribution in [2.45, 2.75) is 18.6 Å². The normalized spacial score (nSPS) is 10.5. The van der Waals surface area contributed by atoms with Crippen LogP contribution in [0.15, 0.2) is 16.0 Å². The van der Waals surface area contributed by atoms with Gasteiger partial charge in [0.05, 0.1) is 6.61 Å². The number of hydrogen-bond acceptors (Lipinski definition) is 4. The highest BCUT2D eigenvalue weighted by molar-refractivity contribution is 7.98. The summed E-state index contributed by atoms with van der Waals surface area (Å²) in [6, 6.07) is 1.54. The van der Waals surface area contributed by atoms with Gasteiger partial charge < -0.3 is 9.30 Å². The highest BCUT2D eigenvalue weighted by Gasteiger charge is 2.04. The van der Waals surface area contributed by atoms with E-state index in [4.69, 9.17) is 4.74 Å². The molecule has 0 fully saturated rings. The lowest BCUT2D eigenvalue weighted by molar-refractivity contribution is 0.183. The van der Waals surface area contributed by atoms with Gasteiger partial charge in [0.25, 0.3) is 5.56 Å². The number of hydrogen-bond donors (Lipinski definition) is 0. The van der Waals surface area contributed by atoms with Crippen LogP contribution in [0.4, 0.5) is 0 Å². The van der Waals surface area contributed by atoms with Crippen LogP contribution in [-0.4, -0.2) is 29.5 Å². The van der Waals surface area contributed by atoms with Gasteiger partial charge in [-0.05, 0) is 13.2 Å². The Morgan fingerprint density at radius 2 is 2.36 bits per heavy atom. The first-order valence-corrected chi connectivity index (χ1v) is 5.53. The van der Waals surface area contributed by atoms with E-state index in [0.717, 1.165) is 17.4 Å². The van der Waals surface area contributed by atoms with Crippen LogP contribution in [0.5, 0.6) is 0 Å². The molecule has 14 heavy (non-hydrogen) atoms. The molecule has 0 unspecified atom stereocenters. The zero-order valence-corrected chi connectivity index (χ0v) is 9.43. The minimum atomic E-state index is -0.180. The van der Waals surface area contributed by atoms with Crippen LogP contribution in [0.2, 0.25) is 0 Å². The zero-order valence-electron chi connectivity index (χ0n) is 8.61. The molecular weight excluding hydrogens is 200 g/mol. The third kappa shape index (κ3) is 2.59. The summed E-state index contributed by atoms with van der Waals surface area (Å²) in [5, 5.41) is 0.743. The second-order valence-corrected chi connectivity index (χ2v) is 3.64. The van der Waals surface area contributed by atoms with Gasteiger partial charge in [0, 0.05) is 25.4 Å². The molecule has 0 spiro atoms. The maximum Gasteiger partial charge on any atom is 0.273 e. The van der Waals surface area contributed by atoms with Crippen molar-refractivity contribution < 1.29 is 4.74 Å². The van der Waals surface area contributed by atoms with Crippen LogP contribution in [0.1, 0.15) is 5.69 Å². The van der Waals surface area contributed by atoms with Crippen LogP contribution >= 0.6 is 11.8 Å². The molecule has 0 aliphatic heterocycles. The molecule has 1 heterocycles. The molecule has 0 aliphatic rings. The lowest BCUT2D eigenvalue weighted by atomic mass is 10.4. The molecule has 1 aromatic heterocycles. The number of methoxy groups -OCH3 is 1. The smallest absolute Gasteiger partial charge is 0.273 e. The van der Waals surface area contributed by atoms with E-state index in [1.165, 1.54) is 17.8 Å². The maximum absolute atomic E-state index is 11.1. The maximum atomic E-state index is 11.1. The SMILES string of the molecule is COCCn1c(C)cc(=O)nc1SC. The van der Waals surface area contributed by atoms with E-state index >= 15 is 0 Å². The van der Waals surface area contributed by atoms with E-state index in [9.17, 15) is 4.79 Å². The monoisotopic (exact) mass is 214 g/mol. The largest absolute Gasteiger partial charge is 0.383 e. The molecule has 0 saturated carbocycles. The Bertz CT molecular complexity index is 362.